The molecule has 1 aliphatic heterocycles. The van der Waals surface area contributed by atoms with E-state index in [9.17, 15) is 9.59 Å². The zero-order chi connectivity index (χ0) is 10.6. The molecule has 0 unspecified atom stereocenters. The number of esters is 1. The molecule has 14 heavy (non-hydrogen) atoms. The average Bonchev–Trinajstić information content (AvgIpc) is 2.27. The third-order valence-electron chi connectivity index (χ3n) is 2.42. The van der Waals surface area contributed by atoms with Crippen LogP contribution in [0, 0.1) is 0 Å². The summed E-state index contributed by atoms with van der Waals surface area (Å²) < 4.78 is 9.52. The summed E-state index contributed by atoms with van der Waals surface area (Å²) in [5.41, 5.74) is 0. The van der Waals surface area contributed by atoms with Crippen LogP contribution >= 0.6 is 0 Å². The van der Waals surface area contributed by atoms with E-state index < -0.39 is 11.9 Å². The summed E-state index contributed by atoms with van der Waals surface area (Å²) in [6.45, 7) is 1.28. The maximum atomic E-state index is 11.4. The minimum atomic E-state index is -0.806. The van der Waals surface area contributed by atoms with Gasteiger partial charge in [0.1, 0.15) is 0 Å². The third kappa shape index (κ3) is 2.45. The summed E-state index contributed by atoms with van der Waals surface area (Å²) in [6.07, 6.45) is 1.55. The number of nitrogens with zero attached hydrogens (tertiary/aromatic N) is 1. The minimum Gasteiger partial charge on any atom is -0.462 e. The van der Waals surface area contributed by atoms with Gasteiger partial charge in [0.25, 0.3) is 0 Å². The molecule has 1 saturated heterocycles. The molecular weight excluding hydrogens is 186 g/mol. The van der Waals surface area contributed by atoms with Crippen LogP contribution in [0.15, 0.2) is 0 Å². The first kappa shape index (κ1) is 11.0. The van der Waals surface area contributed by atoms with Crippen LogP contribution < -0.4 is 0 Å². The Morgan fingerprint density at radius 2 is 1.93 bits per heavy atom. The molecule has 0 aromatic heterocycles. The van der Waals surface area contributed by atoms with Crippen LogP contribution in [0.4, 0.5) is 0 Å². The van der Waals surface area contributed by atoms with Gasteiger partial charge in [0, 0.05) is 26.3 Å². The molecule has 0 aliphatic carbocycles. The molecule has 0 aromatic carbocycles. The van der Waals surface area contributed by atoms with Crippen molar-refractivity contribution in [1.82, 2.24) is 4.90 Å². The molecular formula is C9H15NO4. The van der Waals surface area contributed by atoms with Crippen molar-refractivity contribution in [2.45, 2.75) is 18.9 Å². The van der Waals surface area contributed by atoms with Crippen molar-refractivity contribution in [3.8, 4) is 0 Å². The van der Waals surface area contributed by atoms with Gasteiger partial charge in [-0.3, -0.25) is 4.79 Å². The Bertz CT molecular complexity index is 223. The van der Waals surface area contributed by atoms with Crippen LogP contribution in [0.1, 0.15) is 12.8 Å². The summed E-state index contributed by atoms with van der Waals surface area (Å²) in [4.78, 5) is 23.8. The highest BCUT2D eigenvalue weighted by Crippen LogP contribution is 2.12. The third-order valence-corrected chi connectivity index (χ3v) is 2.42. The van der Waals surface area contributed by atoms with Gasteiger partial charge in [-0.2, -0.15) is 0 Å². The van der Waals surface area contributed by atoms with Gasteiger partial charge in [-0.05, 0) is 12.8 Å². The van der Waals surface area contributed by atoms with Gasteiger partial charge in [0.15, 0.2) is 0 Å². The summed E-state index contributed by atoms with van der Waals surface area (Å²) in [5.74, 6) is -1.39. The highest BCUT2D eigenvalue weighted by atomic mass is 16.5. The van der Waals surface area contributed by atoms with Gasteiger partial charge in [-0.25, -0.2) is 4.79 Å². The summed E-state index contributed by atoms with van der Waals surface area (Å²) in [5, 5.41) is 0. The second kappa shape index (κ2) is 4.95. The van der Waals surface area contributed by atoms with Crippen LogP contribution in [0.3, 0.4) is 0 Å². The van der Waals surface area contributed by atoms with Crippen molar-refractivity contribution in [2.24, 2.45) is 0 Å². The van der Waals surface area contributed by atoms with E-state index in [4.69, 9.17) is 4.74 Å². The Kier molecular flexibility index (Phi) is 3.88. The van der Waals surface area contributed by atoms with Crippen LogP contribution in [0.2, 0.25) is 0 Å². The Morgan fingerprint density at radius 3 is 2.43 bits per heavy atom. The highest BCUT2D eigenvalue weighted by molar-refractivity contribution is 6.32. The number of methoxy groups -OCH3 is 1. The molecule has 0 atom stereocenters. The molecule has 0 radical (unpaired) electrons. The standard InChI is InChI=1S/C9H15NO4/c1-10(8(11)9(12)13-2)7-3-5-14-6-4-7/h7H,3-6H2,1-2H3. The maximum absolute atomic E-state index is 11.4. The van der Waals surface area contributed by atoms with Crippen molar-refractivity contribution in [1.29, 1.82) is 0 Å². The maximum Gasteiger partial charge on any atom is 0.396 e. The minimum absolute atomic E-state index is 0.0929. The first-order valence-corrected chi connectivity index (χ1v) is 4.59. The molecule has 0 saturated carbocycles. The SMILES string of the molecule is COC(=O)C(=O)N(C)C1CCOCC1. The van der Waals surface area contributed by atoms with Crippen LogP contribution in [-0.4, -0.2) is 50.2 Å². The second-order valence-corrected chi connectivity index (χ2v) is 3.25. The van der Waals surface area contributed by atoms with Gasteiger partial charge in [0.2, 0.25) is 0 Å². The van der Waals surface area contributed by atoms with Crippen LogP contribution in [-0.2, 0) is 19.1 Å². The molecule has 1 aliphatic rings. The van der Waals surface area contributed by atoms with E-state index in [2.05, 4.69) is 4.74 Å². The van der Waals surface area contributed by atoms with Crippen LogP contribution in [0.5, 0.6) is 0 Å². The number of hydrogen-bond acceptors (Lipinski definition) is 4. The fourth-order valence-electron chi connectivity index (χ4n) is 1.47. The second-order valence-electron chi connectivity index (χ2n) is 3.25. The largest absolute Gasteiger partial charge is 0.462 e. The van der Waals surface area contributed by atoms with Crippen molar-refractivity contribution >= 4 is 11.9 Å². The Hall–Kier alpha value is -1.10. The van der Waals surface area contributed by atoms with Crippen molar-refractivity contribution in [3.63, 3.8) is 0 Å². The molecule has 80 valence electrons. The molecule has 1 amide bonds. The number of likely N-dealkylation sites (N-methyl/N-ethyl adjacent to an activating group) is 1. The predicted octanol–water partition coefficient (Wildman–Crippen LogP) is -0.203. The fourth-order valence-corrected chi connectivity index (χ4v) is 1.47. The highest BCUT2D eigenvalue weighted by Gasteiger charge is 2.27. The molecule has 0 N–H and O–H groups in total. The van der Waals surface area contributed by atoms with E-state index in [1.165, 1.54) is 12.0 Å². The van der Waals surface area contributed by atoms with E-state index in [0.29, 0.717) is 13.2 Å². The molecule has 5 nitrogen and oxygen atoms in total. The number of hydrogen-bond donors (Lipinski definition) is 0. The monoisotopic (exact) mass is 201 g/mol. The molecule has 0 bridgehead atoms. The zero-order valence-electron chi connectivity index (χ0n) is 8.49. The van der Waals surface area contributed by atoms with Gasteiger partial charge >= 0.3 is 11.9 Å². The first-order chi connectivity index (χ1) is 6.66. The molecule has 1 rings (SSSR count). The topological polar surface area (TPSA) is 55.8 Å². The molecule has 5 heteroatoms. The summed E-state index contributed by atoms with van der Waals surface area (Å²) in [7, 11) is 2.83. The number of carbonyl (C=O) groups excluding carboxylic acids is 2. The molecule has 1 heterocycles. The lowest BCUT2D eigenvalue weighted by Gasteiger charge is -2.30. The lowest BCUT2D eigenvalue weighted by Crippen LogP contribution is -2.44. The van der Waals surface area contributed by atoms with E-state index in [-0.39, 0.29) is 6.04 Å². The molecule has 1 fully saturated rings. The lowest BCUT2D eigenvalue weighted by molar-refractivity contribution is -0.159. The summed E-state index contributed by atoms with van der Waals surface area (Å²) >= 11 is 0. The van der Waals surface area contributed by atoms with Gasteiger partial charge in [0.05, 0.1) is 7.11 Å². The first-order valence-electron chi connectivity index (χ1n) is 4.59. The van der Waals surface area contributed by atoms with Crippen molar-refractivity contribution in [3.05, 3.63) is 0 Å². The zero-order valence-corrected chi connectivity index (χ0v) is 8.49. The predicted molar refractivity (Wildman–Crippen MR) is 48.6 cm³/mol. The number of ether oxygens (including phenoxy) is 2. The fraction of sp³-hybridized carbons (Fsp3) is 0.778. The van der Waals surface area contributed by atoms with Crippen molar-refractivity contribution in [2.75, 3.05) is 27.4 Å². The quantitative estimate of drug-likeness (QED) is 0.435. The van der Waals surface area contributed by atoms with Crippen LogP contribution in [0.25, 0.3) is 0 Å². The number of rotatable bonds is 1. The lowest BCUT2D eigenvalue weighted by atomic mass is 10.1. The summed E-state index contributed by atoms with van der Waals surface area (Å²) in [6, 6.07) is 0.0929. The van der Waals surface area contributed by atoms with Crippen molar-refractivity contribution < 1.29 is 19.1 Å². The van der Waals surface area contributed by atoms with Gasteiger partial charge < -0.3 is 14.4 Å². The normalized spacial score (nSPS) is 17.6. The van der Waals surface area contributed by atoms with E-state index in [1.54, 1.807) is 7.05 Å². The smallest absolute Gasteiger partial charge is 0.396 e. The average molecular weight is 201 g/mol. The molecule has 0 aromatic rings. The van der Waals surface area contributed by atoms with E-state index in [1.807, 2.05) is 0 Å². The Labute approximate surface area is 83.0 Å². The van der Waals surface area contributed by atoms with Gasteiger partial charge in [-0.15, -0.1) is 0 Å². The Morgan fingerprint density at radius 1 is 1.36 bits per heavy atom. The number of carbonyl (C=O) groups is 2. The van der Waals surface area contributed by atoms with E-state index in [0.717, 1.165) is 12.8 Å². The molecule has 0 spiro atoms. The Balaban J connectivity index is 2.50. The number of amides is 1. The van der Waals surface area contributed by atoms with E-state index >= 15 is 0 Å². The van der Waals surface area contributed by atoms with Gasteiger partial charge in [-0.1, -0.05) is 0 Å².